The summed E-state index contributed by atoms with van der Waals surface area (Å²) in [7, 11) is 1.94. The lowest BCUT2D eigenvalue weighted by atomic mass is 10.2. The van der Waals surface area contributed by atoms with Crippen molar-refractivity contribution in [2.24, 2.45) is 0 Å². The van der Waals surface area contributed by atoms with Crippen molar-refractivity contribution in [2.75, 3.05) is 37.7 Å². The van der Waals surface area contributed by atoms with Crippen LogP contribution in [0, 0.1) is 0 Å². The maximum Gasteiger partial charge on any atom is 0.319 e. The molecule has 0 heterocycles. The number of nitrogens with one attached hydrogen (secondary N) is 3. The molecule has 0 aliphatic carbocycles. The fourth-order valence-electron chi connectivity index (χ4n) is 2.86. The molecule has 9 nitrogen and oxygen atoms in total. The minimum absolute atomic E-state index is 0.123. The molecule has 0 spiro atoms. The molecule has 0 aromatic heterocycles. The highest BCUT2D eigenvalue weighted by molar-refractivity contribution is 7.92. The SMILES string of the molecule is C[N+](C)(C)C[C@@H](CC(=O)O)NC(=O)Nc1cccc(NS(=O)(=O)c2ccccc2)c1. The van der Waals surface area contributed by atoms with Gasteiger partial charge in [-0.1, -0.05) is 24.3 Å². The molecule has 10 heteroatoms. The van der Waals surface area contributed by atoms with Crippen LogP contribution in [-0.4, -0.2) is 63.7 Å². The first kappa shape index (κ1) is 23.2. The Morgan fingerprint density at radius 1 is 1.00 bits per heavy atom. The molecule has 162 valence electrons. The summed E-state index contributed by atoms with van der Waals surface area (Å²) in [4.78, 5) is 23.6. The molecule has 1 atom stereocenters. The number of benzene rings is 2. The number of nitrogens with zero attached hydrogens (tertiary/aromatic N) is 1. The van der Waals surface area contributed by atoms with E-state index in [1.165, 1.54) is 18.2 Å². The van der Waals surface area contributed by atoms with Crippen molar-refractivity contribution in [3.8, 4) is 0 Å². The summed E-state index contributed by atoms with van der Waals surface area (Å²) in [6.45, 7) is 0.427. The summed E-state index contributed by atoms with van der Waals surface area (Å²) >= 11 is 0. The molecule has 2 aromatic rings. The van der Waals surface area contributed by atoms with E-state index in [1.807, 2.05) is 21.1 Å². The third-order valence-corrected chi connectivity index (χ3v) is 5.35. The monoisotopic (exact) mass is 435 g/mol. The van der Waals surface area contributed by atoms with Crippen LogP contribution in [0.1, 0.15) is 6.42 Å². The quantitative estimate of drug-likeness (QED) is 0.449. The summed E-state index contributed by atoms with van der Waals surface area (Å²) in [5.74, 6) is -1.01. The van der Waals surface area contributed by atoms with Crippen LogP contribution in [0.3, 0.4) is 0 Å². The van der Waals surface area contributed by atoms with Crippen molar-refractivity contribution < 1.29 is 27.6 Å². The number of hydrogen-bond acceptors (Lipinski definition) is 4. The lowest BCUT2D eigenvalue weighted by molar-refractivity contribution is -0.871. The van der Waals surface area contributed by atoms with Gasteiger partial charge < -0.3 is 20.2 Å². The van der Waals surface area contributed by atoms with Gasteiger partial charge in [-0.05, 0) is 30.3 Å². The topological polar surface area (TPSA) is 125 Å². The third-order valence-electron chi connectivity index (χ3n) is 3.95. The van der Waals surface area contributed by atoms with E-state index < -0.39 is 28.1 Å². The third kappa shape index (κ3) is 7.72. The number of rotatable bonds is 9. The highest BCUT2D eigenvalue weighted by atomic mass is 32.2. The number of sulfonamides is 1. The predicted molar refractivity (Wildman–Crippen MR) is 115 cm³/mol. The van der Waals surface area contributed by atoms with Crippen molar-refractivity contribution >= 4 is 33.4 Å². The van der Waals surface area contributed by atoms with Gasteiger partial charge in [0.25, 0.3) is 10.0 Å². The summed E-state index contributed by atoms with van der Waals surface area (Å²) in [5, 5.41) is 14.4. The molecule has 0 saturated carbocycles. The normalized spacial score (nSPS) is 12.6. The number of amides is 2. The molecular formula is C20H27N4O5S+. The predicted octanol–water partition coefficient (Wildman–Crippen LogP) is 2.16. The Balaban J connectivity index is 2.06. The summed E-state index contributed by atoms with van der Waals surface area (Å²) < 4.78 is 27.8. The Labute approximate surface area is 176 Å². The number of hydrogen-bond donors (Lipinski definition) is 4. The number of carboxylic acid groups (broad SMARTS) is 1. The van der Waals surface area contributed by atoms with Gasteiger partial charge in [0.15, 0.2) is 0 Å². The second kappa shape index (κ2) is 9.59. The number of anilines is 2. The zero-order chi connectivity index (χ0) is 22.4. The van der Waals surface area contributed by atoms with E-state index in [4.69, 9.17) is 5.11 Å². The number of likely N-dealkylation sites (N-methyl/N-ethyl adjacent to an activating group) is 1. The van der Waals surface area contributed by atoms with Crippen molar-refractivity contribution in [1.82, 2.24) is 5.32 Å². The molecule has 2 rings (SSSR count). The van der Waals surface area contributed by atoms with Crippen molar-refractivity contribution in [3.05, 3.63) is 54.6 Å². The van der Waals surface area contributed by atoms with E-state index in [1.54, 1.807) is 36.4 Å². The Morgan fingerprint density at radius 3 is 2.23 bits per heavy atom. The van der Waals surface area contributed by atoms with Crippen LogP contribution >= 0.6 is 0 Å². The van der Waals surface area contributed by atoms with Crippen LogP contribution < -0.4 is 15.4 Å². The van der Waals surface area contributed by atoms with Gasteiger partial charge in [0.2, 0.25) is 0 Å². The molecule has 0 bridgehead atoms. The number of carboxylic acids is 1. The zero-order valence-electron chi connectivity index (χ0n) is 17.1. The van der Waals surface area contributed by atoms with Crippen LogP contribution in [0.2, 0.25) is 0 Å². The Kier molecular flexibility index (Phi) is 7.41. The number of aliphatic carboxylic acids is 1. The fourth-order valence-corrected chi connectivity index (χ4v) is 3.93. The van der Waals surface area contributed by atoms with Crippen LogP contribution in [0.25, 0.3) is 0 Å². The van der Waals surface area contributed by atoms with Gasteiger partial charge in [0, 0.05) is 5.69 Å². The average Bonchev–Trinajstić information content (AvgIpc) is 2.60. The van der Waals surface area contributed by atoms with Gasteiger partial charge >= 0.3 is 12.0 Å². The smallest absolute Gasteiger partial charge is 0.319 e. The van der Waals surface area contributed by atoms with E-state index >= 15 is 0 Å². The standard InChI is InChI=1S/C20H26N4O5S/c1-24(2,3)14-17(13-19(25)26)22-20(27)21-15-8-7-9-16(12-15)23-30(28,29)18-10-5-4-6-11-18/h4-12,17,23H,13-14H2,1-3H3,(H2-,21,22,25,26,27)/p+1/t17-/m1/s1. The van der Waals surface area contributed by atoms with Crippen LogP contribution in [0.4, 0.5) is 16.2 Å². The second-order valence-electron chi connectivity index (χ2n) is 7.87. The Bertz CT molecular complexity index is 988. The molecule has 0 unspecified atom stereocenters. The van der Waals surface area contributed by atoms with Gasteiger partial charge in [-0.2, -0.15) is 0 Å². The molecule has 0 aliphatic rings. The van der Waals surface area contributed by atoms with E-state index in [0.29, 0.717) is 16.7 Å². The van der Waals surface area contributed by atoms with Crippen LogP contribution in [0.15, 0.2) is 59.5 Å². The number of quaternary nitrogens is 1. The van der Waals surface area contributed by atoms with Crippen molar-refractivity contribution in [2.45, 2.75) is 17.4 Å². The van der Waals surface area contributed by atoms with Gasteiger partial charge in [0.05, 0.1) is 50.7 Å². The van der Waals surface area contributed by atoms with Crippen LogP contribution in [0.5, 0.6) is 0 Å². The first-order chi connectivity index (χ1) is 13.9. The number of carbonyl (C=O) groups is 2. The summed E-state index contributed by atoms with van der Waals surface area (Å²) in [5.41, 5.74) is 0.644. The maximum atomic E-state index is 12.4. The van der Waals surface area contributed by atoms with E-state index in [0.717, 1.165) is 0 Å². The Morgan fingerprint density at radius 2 is 1.63 bits per heavy atom. The maximum absolute atomic E-state index is 12.4. The minimum atomic E-state index is -3.76. The molecule has 2 amide bonds. The second-order valence-corrected chi connectivity index (χ2v) is 9.55. The highest BCUT2D eigenvalue weighted by Crippen LogP contribution is 2.19. The molecule has 2 aromatic carbocycles. The first-order valence-corrected chi connectivity index (χ1v) is 10.7. The molecule has 4 N–H and O–H groups in total. The molecule has 0 fully saturated rings. The van der Waals surface area contributed by atoms with E-state index in [9.17, 15) is 18.0 Å². The molecular weight excluding hydrogens is 408 g/mol. The lowest BCUT2D eigenvalue weighted by Crippen LogP contribution is -2.50. The fraction of sp³-hybridized carbons (Fsp3) is 0.300. The number of carbonyl (C=O) groups excluding carboxylic acids is 1. The van der Waals surface area contributed by atoms with E-state index in [-0.39, 0.29) is 17.0 Å². The molecule has 0 radical (unpaired) electrons. The summed E-state index contributed by atoms with van der Waals surface area (Å²) in [6.07, 6.45) is -0.208. The van der Waals surface area contributed by atoms with Crippen LogP contribution in [-0.2, 0) is 14.8 Å². The number of urea groups is 1. The Hall–Kier alpha value is -3.11. The van der Waals surface area contributed by atoms with Gasteiger partial charge in [-0.3, -0.25) is 9.52 Å². The highest BCUT2D eigenvalue weighted by Gasteiger charge is 2.23. The van der Waals surface area contributed by atoms with Gasteiger partial charge in [0.1, 0.15) is 0 Å². The van der Waals surface area contributed by atoms with Crippen molar-refractivity contribution in [3.63, 3.8) is 0 Å². The molecule has 0 saturated heterocycles. The van der Waals surface area contributed by atoms with E-state index in [2.05, 4.69) is 15.4 Å². The minimum Gasteiger partial charge on any atom is -0.481 e. The lowest BCUT2D eigenvalue weighted by Gasteiger charge is -2.29. The first-order valence-electron chi connectivity index (χ1n) is 9.22. The molecule has 0 aliphatic heterocycles. The van der Waals surface area contributed by atoms with Gasteiger partial charge in [-0.15, -0.1) is 0 Å². The largest absolute Gasteiger partial charge is 0.481 e. The van der Waals surface area contributed by atoms with Crippen molar-refractivity contribution in [1.29, 1.82) is 0 Å². The van der Waals surface area contributed by atoms with Gasteiger partial charge in [-0.25, -0.2) is 13.2 Å². The molecule has 30 heavy (non-hydrogen) atoms. The summed E-state index contributed by atoms with van der Waals surface area (Å²) in [6, 6.07) is 13.0. The zero-order valence-corrected chi connectivity index (χ0v) is 17.9. The average molecular weight is 436 g/mol.